The number of carbonyl (C=O) groups is 11. The number of hydrogen-bond acceptors (Lipinski definition) is 16. The Morgan fingerprint density at radius 2 is 1.00 bits per heavy atom. The molecule has 490 valence electrons. The number of rotatable bonds is 40. The van der Waals surface area contributed by atoms with Gasteiger partial charge in [-0.3, -0.25) is 47.9 Å². The largest absolute Gasteiger partial charge is 0.481 e. The Labute approximate surface area is 513 Å². The minimum atomic E-state index is -1.79. The van der Waals surface area contributed by atoms with E-state index in [0.717, 1.165) is 24.2 Å². The average Bonchev–Trinajstić information content (AvgIpc) is 4.03. The molecule has 0 saturated carbocycles. The van der Waals surface area contributed by atoms with Gasteiger partial charge in [-0.25, -0.2) is 4.79 Å². The molecule has 0 bridgehead atoms. The van der Waals surface area contributed by atoms with Crippen LogP contribution in [-0.2, 0) is 65.6 Å². The second-order valence-corrected chi connectivity index (χ2v) is 23.6. The number of nitrogens with zero attached hydrogens (tertiary/aromatic N) is 1. The van der Waals surface area contributed by atoms with E-state index in [0.29, 0.717) is 49.3 Å². The number of aliphatic carboxylic acids is 2. The maximum Gasteiger partial charge on any atom is 0.326 e. The Hall–Kier alpha value is -7.59. The first-order valence-electron chi connectivity index (χ1n) is 30.2. The summed E-state index contributed by atoms with van der Waals surface area (Å²) >= 11 is 0. The first kappa shape index (κ1) is 74.7. The van der Waals surface area contributed by atoms with Crippen LogP contribution in [0.15, 0.2) is 60.7 Å². The number of benzene rings is 2. The zero-order valence-electron chi connectivity index (χ0n) is 51.3. The summed E-state index contributed by atoms with van der Waals surface area (Å²) in [5, 5.41) is 81.6. The van der Waals surface area contributed by atoms with Gasteiger partial charge in [-0.15, -0.1) is 0 Å². The van der Waals surface area contributed by atoms with E-state index in [4.69, 9.17) is 5.73 Å². The Bertz CT molecular complexity index is 2600. The van der Waals surface area contributed by atoms with Gasteiger partial charge in [-0.1, -0.05) is 128 Å². The number of β-amino-alcohol motifs (C(OH)–C–C–N with tert-alkyl or cyclic N) is 1. The maximum absolute atomic E-state index is 14.4. The Morgan fingerprint density at radius 3 is 1.50 bits per heavy atom. The summed E-state index contributed by atoms with van der Waals surface area (Å²) in [6.07, 6.45) is 0.350. The van der Waals surface area contributed by atoms with Crippen LogP contribution in [0, 0.1) is 17.8 Å². The van der Waals surface area contributed by atoms with Crippen molar-refractivity contribution in [3.05, 3.63) is 71.8 Å². The molecule has 2 aromatic rings. The monoisotopic (exact) mass is 1240 g/mol. The predicted molar refractivity (Wildman–Crippen MR) is 322 cm³/mol. The van der Waals surface area contributed by atoms with Gasteiger partial charge in [0.25, 0.3) is 0 Å². The van der Waals surface area contributed by atoms with Crippen molar-refractivity contribution in [1.29, 1.82) is 0 Å². The minimum Gasteiger partial charge on any atom is -0.481 e. The number of hydrogen-bond donors (Lipinski definition) is 15. The SMILES string of the molecule is CC(C)CCCCCC(O)CC(=O)N[C@H](CC(=O)O)C(=O)N[C@H](Cc1ccccc1)C(=O)N[C@@H](CO)C(=O)N[C@@H](C(=O)N1C[C@H](O)C[C@H]1C(=O)N[C@@H](CO)C(=O)N[C@H](CC(C)C)C(=O)NC(Cc1ccccc1)C(=O)N[C@@H](CCCCN)C(=O)O)C(C)C. The van der Waals surface area contributed by atoms with Crippen molar-refractivity contribution >= 4 is 65.1 Å². The van der Waals surface area contributed by atoms with E-state index < -0.39 is 170 Å². The summed E-state index contributed by atoms with van der Waals surface area (Å²) in [7, 11) is 0. The van der Waals surface area contributed by atoms with Gasteiger partial charge in [-0.2, -0.15) is 0 Å². The Balaban J connectivity index is 1.78. The van der Waals surface area contributed by atoms with Gasteiger partial charge in [0, 0.05) is 25.8 Å². The lowest BCUT2D eigenvalue weighted by Crippen LogP contribution is -2.62. The van der Waals surface area contributed by atoms with Crippen LogP contribution in [0.4, 0.5) is 0 Å². The normalized spacial score (nSPS) is 17.0. The smallest absolute Gasteiger partial charge is 0.326 e. The van der Waals surface area contributed by atoms with Crippen molar-refractivity contribution in [2.24, 2.45) is 23.5 Å². The highest BCUT2D eigenvalue weighted by Crippen LogP contribution is 2.22. The second-order valence-electron chi connectivity index (χ2n) is 23.6. The number of carboxylic acids is 2. The summed E-state index contributed by atoms with van der Waals surface area (Å²) in [6.45, 7) is 8.57. The summed E-state index contributed by atoms with van der Waals surface area (Å²) in [4.78, 5) is 150. The molecule has 9 amide bonds. The highest BCUT2D eigenvalue weighted by Gasteiger charge is 2.44. The van der Waals surface area contributed by atoms with Crippen molar-refractivity contribution in [2.75, 3.05) is 26.3 Å². The number of amides is 9. The molecule has 1 heterocycles. The average molecular weight is 1240 g/mol. The number of unbranched alkanes of at least 4 members (excludes halogenated alkanes) is 3. The number of aliphatic hydroxyl groups is 4. The molecular weight excluding hydrogens is 1140 g/mol. The van der Waals surface area contributed by atoms with Gasteiger partial charge in [0.2, 0.25) is 53.2 Å². The molecule has 0 aliphatic carbocycles. The molecular formula is C61H94N10O17. The number of carboxylic acid groups (broad SMARTS) is 2. The van der Waals surface area contributed by atoms with E-state index in [9.17, 15) is 83.4 Å². The van der Waals surface area contributed by atoms with Gasteiger partial charge in [0.05, 0.1) is 38.3 Å². The molecule has 0 spiro atoms. The number of carbonyl (C=O) groups excluding carboxylic acids is 9. The van der Waals surface area contributed by atoms with E-state index >= 15 is 0 Å². The molecule has 1 fully saturated rings. The number of likely N-dealkylation sites (tertiary alicyclic amines) is 1. The summed E-state index contributed by atoms with van der Waals surface area (Å²) in [6, 6.07) is 3.02. The first-order chi connectivity index (χ1) is 41.7. The molecule has 2 unspecified atom stereocenters. The molecule has 27 nitrogen and oxygen atoms in total. The molecule has 16 N–H and O–H groups in total. The zero-order valence-corrected chi connectivity index (χ0v) is 51.3. The molecule has 88 heavy (non-hydrogen) atoms. The molecule has 0 aromatic heterocycles. The molecule has 1 saturated heterocycles. The number of nitrogens with one attached hydrogen (secondary N) is 8. The second kappa shape index (κ2) is 38.6. The topological polar surface area (TPSA) is 435 Å². The van der Waals surface area contributed by atoms with Gasteiger partial charge < -0.3 is 83.8 Å². The standard InChI is InChI=1S/C61H94N10O17/c1-35(2)18-10-7-15-23-40(74)30-50(76)63-46(31-51(77)78)56(82)67-45(28-39-21-13-9-14-22-39)55(81)68-48(34-73)58(84)70-52(37(5)6)60(86)71-32-41(75)29-49(71)59(85)69-47(33-72)57(83)65-43(26-36(3)4)53(79)66-44(27-38-19-11-8-12-20-38)54(80)64-42(61(87)88)24-16-17-25-62/h8-9,11-14,19-22,35-37,40-49,52,72-75H,7,10,15-18,23-34,62H2,1-6H3,(H,63,76)(H,64,80)(H,65,83)(H,66,79)(H,67,82)(H,68,81)(H,69,85)(H,70,84)(H,77,78)(H,87,88)/t40?,41-,42+,43-,44?,45-,46-,47+,48+,49+,52-/m1/s1. The fourth-order valence-electron chi connectivity index (χ4n) is 9.90. The first-order valence-corrected chi connectivity index (χ1v) is 30.2. The molecule has 1 aliphatic rings. The maximum atomic E-state index is 14.4. The summed E-state index contributed by atoms with van der Waals surface area (Å²) in [5.41, 5.74) is 6.69. The fraction of sp³-hybridized carbons (Fsp3) is 0.623. The zero-order chi connectivity index (χ0) is 65.6. The lowest BCUT2D eigenvalue weighted by Gasteiger charge is -2.32. The van der Waals surface area contributed by atoms with Crippen LogP contribution >= 0.6 is 0 Å². The molecule has 11 atom stereocenters. The quantitative estimate of drug-likeness (QED) is 0.0358. The van der Waals surface area contributed by atoms with Crippen molar-refractivity contribution in [2.45, 2.75) is 198 Å². The molecule has 1 aliphatic heterocycles. The van der Waals surface area contributed by atoms with Crippen LogP contribution in [0.2, 0.25) is 0 Å². The van der Waals surface area contributed by atoms with E-state index in [1.165, 1.54) is 13.8 Å². The van der Waals surface area contributed by atoms with Gasteiger partial charge >= 0.3 is 11.9 Å². The number of aliphatic hydroxyl groups excluding tert-OH is 4. The van der Waals surface area contributed by atoms with E-state index in [1.807, 2.05) is 0 Å². The van der Waals surface area contributed by atoms with Gasteiger partial charge in [-0.05, 0) is 67.5 Å². The van der Waals surface area contributed by atoms with Crippen LogP contribution in [0.3, 0.4) is 0 Å². The summed E-state index contributed by atoms with van der Waals surface area (Å²) in [5.74, 6) is -11.9. The molecule has 0 radical (unpaired) electrons. The van der Waals surface area contributed by atoms with Gasteiger partial charge in [0.1, 0.15) is 54.4 Å². The Morgan fingerprint density at radius 1 is 0.534 bits per heavy atom. The van der Waals surface area contributed by atoms with E-state index in [2.05, 4.69) is 56.4 Å². The lowest BCUT2D eigenvalue weighted by atomic mass is 10.00. The highest BCUT2D eigenvalue weighted by atomic mass is 16.4. The Kier molecular flexibility index (Phi) is 32.8. The van der Waals surface area contributed by atoms with Crippen molar-refractivity contribution in [3.63, 3.8) is 0 Å². The minimum absolute atomic E-state index is 0.00663. The molecule has 3 rings (SSSR count). The lowest BCUT2D eigenvalue weighted by molar-refractivity contribution is -0.144. The third kappa shape index (κ3) is 26.4. The van der Waals surface area contributed by atoms with Crippen LogP contribution in [0.25, 0.3) is 0 Å². The van der Waals surface area contributed by atoms with E-state index in [-0.39, 0.29) is 38.0 Å². The van der Waals surface area contributed by atoms with Crippen LogP contribution in [0.5, 0.6) is 0 Å². The third-order valence-corrected chi connectivity index (χ3v) is 14.7. The van der Waals surface area contributed by atoms with Crippen molar-refractivity contribution in [1.82, 2.24) is 47.4 Å². The molecule has 2 aromatic carbocycles. The highest BCUT2D eigenvalue weighted by molar-refractivity contribution is 5.99. The van der Waals surface area contributed by atoms with Crippen molar-refractivity contribution < 1.29 is 83.4 Å². The van der Waals surface area contributed by atoms with Crippen molar-refractivity contribution in [3.8, 4) is 0 Å². The third-order valence-electron chi connectivity index (χ3n) is 14.7. The fourth-order valence-corrected chi connectivity index (χ4v) is 9.90. The van der Waals surface area contributed by atoms with E-state index in [1.54, 1.807) is 74.5 Å². The van der Waals surface area contributed by atoms with Crippen LogP contribution in [0.1, 0.15) is 130 Å². The van der Waals surface area contributed by atoms with Crippen LogP contribution < -0.4 is 48.3 Å². The number of nitrogens with two attached hydrogens (primary N) is 1. The summed E-state index contributed by atoms with van der Waals surface area (Å²) < 4.78 is 0. The van der Waals surface area contributed by atoms with Crippen LogP contribution in [-0.4, -0.2) is 194 Å². The molecule has 27 heteroatoms. The predicted octanol–water partition coefficient (Wildman–Crippen LogP) is -0.956. The van der Waals surface area contributed by atoms with Gasteiger partial charge in [0.15, 0.2) is 0 Å².